The SMILES string of the molecule is BrC1=CCC23CC=C(Br)[C@H]4CC2(COC3)C[C@@H]1O4. The summed E-state index contributed by atoms with van der Waals surface area (Å²) in [4.78, 5) is 0. The Hall–Kier alpha value is 0.360. The highest BCUT2D eigenvalue weighted by Crippen LogP contribution is 2.62. The minimum absolute atomic E-state index is 0.214. The molecule has 0 saturated carbocycles. The van der Waals surface area contributed by atoms with Gasteiger partial charge in [-0.2, -0.15) is 0 Å². The second-order valence-electron chi connectivity index (χ2n) is 6.16. The molecule has 0 aromatic rings. The van der Waals surface area contributed by atoms with Gasteiger partial charge in [-0.3, -0.25) is 0 Å². The molecule has 2 unspecified atom stereocenters. The fourth-order valence-electron chi connectivity index (χ4n) is 4.19. The van der Waals surface area contributed by atoms with Crippen molar-refractivity contribution in [2.75, 3.05) is 13.2 Å². The Balaban J connectivity index is 1.89. The first-order valence-corrected chi connectivity index (χ1v) is 8.17. The lowest BCUT2D eigenvalue weighted by molar-refractivity contribution is -0.0903. The molecule has 18 heavy (non-hydrogen) atoms. The lowest BCUT2D eigenvalue weighted by atomic mass is 9.59. The highest BCUT2D eigenvalue weighted by Gasteiger charge is 2.60. The molecule has 2 heterocycles. The zero-order chi connectivity index (χ0) is 12.4. The van der Waals surface area contributed by atoms with Gasteiger partial charge in [0, 0.05) is 19.8 Å². The lowest BCUT2D eigenvalue weighted by Gasteiger charge is -2.47. The van der Waals surface area contributed by atoms with Crippen LogP contribution in [0.2, 0.25) is 0 Å². The van der Waals surface area contributed by atoms with Crippen molar-refractivity contribution in [3.8, 4) is 0 Å². The molecule has 4 atom stereocenters. The van der Waals surface area contributed by atoms with Crippen LogP contribution in [0.25, 0.3) is 0 Å². The third-order valence-corrected chi connectivity index (χ3v) is 7.02. The topological polar surface area (TPSA) is 18.5 Å². The molecule has 1 spiro atoms. The minimum Gasteiger partial charge on any atom is -0.380 e. The van der Waals surface area contributed by atoms with Crippen LogP contribution in [0.5, 0.6) is 0 Å². The van der Waals surface area contributed by atoms with E-state index < -0.39 is 0 Å². The van der Waals surface area contributed by atoms with Gasteiger partial charge in [-0.1, -0.05) is 44.0 Å². The van der Waals surface area contributed by atoms with Gasteiger partial charge in [-0.25, -0.2) is 0 Å². The summed E-state index contributed by atoms with van der Waals surface area (Å²) in [6, 6.07) is 0. The smallest absolute Gasteiger partial charge is 0.0901 e. The van der Waals surface area contributed by atoms with Crippen molar-refractivity contribution in [1.29, 1.82) is 0 Å². The molecule has 98 valence electrons. The van der Waals surface area contributed by atoms with E-state index in [1.165, 1.54) is 8.96 Å². The van der Waals surface area contributed by atoms with Crippen LogP contribution in [-0.2, 0) is 9.47 Å². The van der Waals surface area contributed by atoms with Crippen LogP contribution in [0.3, 0.4) is 0 Å². The van der Waals surface area contributed by atoms with Crippen LogP contribution in [0, 0.1) is 10.8 Å². The van der Waals surface area contributed by atoms with E-state index in [-0.39, 0.29) is 12.2 Å². The Bertz CT molecular complexity index is 425. The quantitative estimate of drug-likeness (QED) is 0.639. The average Bonchev–Trinajstić information content (AvgIpc) is 2.63. The van der Waals surface area contributed by atoms with Gasteiger partial charge in [0.05, 0.1) is 25.4 Å². The zero-order valence-corrected chi connectivity index (χ0v) is 13.3. The van der Waals surface area contributed by atoms with Crippen LogP contribution in [0.1, 0.15) is 25.7 Å². The van der Waals surface area contributed by atoms with Crippen LogP contribution < -0.4 is 0 Å². The van der Waals surface area contributed by atoms with Crippen molar-refractivity contribution in [2.24, 2.45) is 10.8 Å². The Morgan fingerprint density at radius 3 is 2.11 bits per heavy atom. The lowest BCUT2D eigenvalue weighted by Crippen LogP contribution is -2.47. The highest BCUT2D eigenvalue weighted by atomic mass is 79.9. The molecule has 4 heteroatoms. The number of rotatable bonds is 0. The minimum atomic E-state index is 0.214. The maximum absolute atomic E-state index is 6.24. The summed E-state index contributed by atoms with van der Waals surface area (Å²) < 4.78 is 14.6. The number of ether oxygens (including phenoxy) is 2. The maximum Gasteiger partial charge on any atom is 0.0901 e. The number of hydrogen-bond donors (Lipinski definition) is 0. The summed E-state index contributed by atoms with van der Waals surface area (Å²) in [6.07, 6.45) is 9.52. The van der Waals surface area contributed by atoms with Gasteiger partial charge in [-0.05, 0) is 25.7 Å². The van der Waals surface area contributed by atoms with Crippen LogP contribution in [0.4, 0.5) is 0 Å². The third kappa shape index (κ3) is 1.46. The van der Waals surface area contributed by atoms with Gasteiger partial charge in [0.15, 0.2) is 0 Å². The van der Waals surface area contributed by atoms with Crippen LogP contribution in [-0.4, -0.2) is 25.4 Å². The first-order valence-electron chi connectivity index (χ1n) is 6.59. The molecule has 4 rings (SSSR count). The summed E-state index contributed by atoms with van der Waals surface area (Å²) >= 11 is 7.43. The van der Waals surface area contributed by atoms with Crippen molar-refractivity contribution in [3.05, 3.63) is 21.1 Å². The summed E-state index contributed by atoms with van der Waals surface area (Å²) in [7, 11) is 0. The van der Waals surface area contributed by atoms with Gasteiger partial charge in [0.25, 0.3) is 0 Å². The molecular weight excluding hydrogens is 360 g/mol. The van der Waals surface area contributed by atoms with Crippen LogP contribution in [0.15, 0.2) is 21.1 Å². The summed E-state index contributed by atoms with van der Waals surface area (Å²) in [5.74, 6) is 0. The number of halogens is 2. The molecule has 0 amide bonds. The van der Waals surface area contributed by atoms with Crippen molar-refractivity contribution in [2.45, 2.75) is 37.9 Å². The Labute approximate surface area is 124 Å². The molecule has 3 bridgehead atoms. The van der Waals surface area contributed by atoms with E-state index in [1.54, 1.807) is 0 Å². The fourth-order valence-corrected chi connectivity index (χ4v) is 5.06. The van der Waals surface area contributed by atoms with E-state index >= 15 is 0 Å². The second-order valence-corrected chi connectivity index (χ2v) is 7.99. The highest BCUT2D eigenvalue weighted by molar-refractivity contribution is 9.12. The maximum atomic E-state index is 6.24. The molecule has 0 N–H and O–H groups in total. The predicted molar refractivity (Wildman–Crippen MR) is 76.8 cm³/mol. The number of hydrogen-bond acceptors (Lipinski definition) is 2. The van der Waals surface area contributed by atoms with Gasteiger partial charge >= 0.3 is 0 Å². The van der Waals surface area contributed by atoms with E-state index in [2.05, 4.69) is 44.0 Å². The Morgan fingerprint density at radius 2 is 1.50 bits per heavy atom. The fraction of sp³-hybridized carbons (Fsp3) is 0.714. The second kappa shape index (κ2) is 3.94. The molecule has 2 aliphatic carbocycles. The standard InChI is InChI=1S/C14H16Br2O2/c15-9-1-3-13-4-2-10(16)12-6-14(13,8-17-7-13)5-11(9)18-12/h1-2,11-12H,3-8H2/t11-,12+,13?,14?. The number of fused-ring (bicyclic) bond motifs is 2. The number of allylic oxidation sites excluding steroid dienone is 2. The molecule has 4 aliphatic rings. The summed E-state index contributed by atoms with van der Waals surface area (Å²) in [5, 5.41) is 0. The average molecular weight is 376 g/mol. The van der Waals surface area contributed by atoms with E-state index in [9.17, 15) is 0 Å². The van der Waals surface area contributed by atoms with Crippen molar-refractivity contribution in [1.82, 2.24) is 0 Å². The first-order chi connectivity index (χ1) is 8.64. The molecule has 2 aliphatic heterocycles. The summed E-state index contributed by atoms with van der Waals surface area (Å²) in [5.41, 5.74) is 0.594. The molecule has 0 radical (unpaired) electrons. The molecule has 2 nitrogen and oxygen atoms in total. The van der Waals surface area contributed by atoms with E-state index in [0.717, 1.165) is 38.9 Å². The predicted octanol–water partition coefficient (Wildman–Crippen LogP) is 3.90. The van der Waals surface area contributed by atoms with Gasteiger partial charge < -0.3 is 9.47 Å². The van der Waals surface area contributed by atoms with E-state index in [1.807, 2.05) is 0 Å². The summed E-state index contributed by atoms with van der Waals surface area (Å²) in [6.45, 7) is 1.81. The zero-order valence-electron chi connectivity index (χ0n) is 10.1. The monoisotopic (exact) mass is 374 g/mol. The van der Waals surface area contributed by atoms with Crippen molar-refractivity contribution >= 4 is 31.9 Å². The van der Waals surface area contributed by atoms with Gasteiger partial charge in [0.2, 0.25) is 0 Å². The van der Waals surface area contributed by atoms with E-state index in [4.69, 9.17) is 9.47 Å². The largest absolute Gasteiger partial charge is 0.380 e. The van der Waals surface area contributed by atoms with Crippen molar-refractivity contribution in [3.63, 3.8) is 0 Å². The molecule has 0 aromatic carbocycles. The van der Waals surface area contributed by atoms with Gasteiger partial charge in [0.1, 0.15) is 0 Å². The molecule has 0 aromatic heterocycles. The Morgan fingerprint density at radius 1 is 0.944 bits per heavy atom. The van der Waals surface area contributed by atoms with Crippen LogP contribution >= 0.6 is 31.9 Å². The normalized spacial score (nSPS) is 50.1. The van der Waals surface area contributed by atoms with Crippen molar-refractivity contribution < 1.29 is 9.47 Å². The molecular formula is C14H16Br2O2. The first kappa shape index (κ1) is 12.1. The Kier molecular flexibility index (Phi) is 2.65. The molecule has 2 saturated heterocycles. The third-order valence-electron chi connectivity index (χ3n) is 5.35. The van der Waals surface area contributed by atoms with Gasteiger partial charge in [-0.15, -0.1) is 0 Å². The van der Waals surface area contributed by atoms with E-state index in [0.29, 0.717) is 10.8 Å². The molecule has 2 fully saturated rings.